The number of fused-ring (bicyclic) bond motifs is 1. The predicted octanol–water partition coefficient (Wildman–Crippen LogP) is 5.21. The highest BCUT2D eigenvalue weighted by Gasteiger charge is 2.26. The van der Waals surface area contributed by atoms with E-state index in [1.807, 2.05) is 23.1 Å². The molecule has 9 heteroatoms. The Balaban J connectivity index is 1.38. The van der Waals surface area contributed by atoms with Crippen molar-refractivity contribution in [2.24, 2.45) is 0 Å². The van der Waals surface area contributed by atoms with Gasteiger partial charge in [0.2, 0.25) is 5.91 Å². The number of ether oxygens (including phenoxy) is 2. The number of thiophene rings is 1. The molecule has 7 nitrogen and oxygen atoms in total. The number of methoxy groups -OCH3 is 2. The van der Waals surface area contributed by atoms with Crippen molar-refractivity contribution in [2.45, 2.75) is 56.3 Å². The molecular formula is C25H30N4O3S2. The maximum absolute atomic E-state index is 13.0. The standard InChI is InChI=1S/C25H30N4O3S2/c1-31-20-9-8-17(14-21(20)32-2)24-26-27-25(29(24)19-6-4-3-5-7-19)34-16-23(30)28-12-10-22-18(15-28)11-13-33-22/h8-9,11,13-14,19H,3-7,10,12,15-16H2,1-2H3. The molecule has 1 aromatic carbocycles. The Hall–Kier alpha value is -2.52. The van der Waals surface area contributed by atoms with Crippen molar-refractivity contribution in [1.82, 2.24) is 19.7 Å². The Labute approximate surface area is 208 Å². The molecule has 0 spiro atoms. The van der Waals surface area contributed by atoms with E-state index < -0.39 is 0 Å². The normalized spacial score (nSPS) is 16.4. The zero-order valence-electron chi connectivity index (χ0n) is 19.7. The molecule has 0 N–H and O–H groups in total. The van der Waals surface area contributed by atoms with Gasteiger partial charge in [-0.15, -0.1) is 21.5 Å². The van der Waals surface area contributed by atoms with Crippen molar-refractivity contribution in [3.63, 3.8) is 0 Å². The molecule has 0 unspecified atom stereocenters. The lowest BCUT2D eigenvalue weighted by atomic mass is 9.95. The van der Waals surface area contributed by atoms with E-state index in [1.54, 1.807) is 25.6 Å². The number of nitrogens with zero attached hydrogens (tertiary/aromatic N) is 4. The molecule has 0 bridgehead atoms. The minimum atomic E-state index is 0.160. The van der Waals surface area contributed by atoms with Gasteiger partial charge < -0.3 is 14.4 Å². The molecule has 1 fully saturated rings. The van der Waals surface area contributed by atoms with E-state index >= 15 is 0 Å². The van der Waals surface area contributed by atoms with Crippen molar-refractivity contribution in [1.29, 1.82) is 0 Å². The summed E-state index contributed by atoms with van der Waals surface area (Å²) in [6.07, 6.45) is 6.83. The van der Waals surface area contributed by atoms with E-state index in [4.69, 9.17) is 9.47 Å². The third-order valence-electron chi connectivity index (χ3n) is 6.73. The average Bonchev–Trinajstić information content (AvgIpc) is 3.54. The van der Waals surface area contributed by atoms with Gasteiger partial charge in [-0.1, -0.05) is 31.0 Å². The second-order valence-corrected chi connectivity index (χ2v) is 10.7. The first kappa shape index (κ1) is 23.2. The first-order chi connectivity index (χ1) is 16.7. The molecule has 180 valence electrons. The first-order valence-electron chi connectivity index (χ1n) is 11.8. The number of hydrogen-bond donors (Lipinski definition) is 0. The molecule has 1 aliphatic heterocycles. The summed E-state index contributed by atoms with van der Waals surface area (Å²) < 4.78 is 13.2. The van der Waals surface area contributed by atoms with Crippen LogP contribution in [-0.2, 0) is 17.8 Å². The largest absolute Gasteiger partial charge is 0.493 e. The van der Waals surface area contributed by atoms with Crippen LogP contribution in [0.5, 0.6) is 11.5 Å². The van der Waals surface area contributed by atoms with Crippen LogP contribution in [0.15, 0.2) is 34.8 Å². The fourth-order valence-electron chi connectivity index (χ4n) is 4.89. The molecule has 3 aromatic rings. The van der Waals surface area contributed by atoms with Gasteiger partial charge in [0.25, 0.3) is 0 Å². The minimum absolute atomic E-state index is 0.160. The second kappa shape index (κ2) is 10.4. The Morgan fingerprint density at radius 2 is 1.94 bits per heavy atom. The molecular weight excluding hydrogens is 468 g/mol. The van der Waals surface area contributed by atoms with Gasteiger partial charge in [-0.3, -0.25) is 9.36 Å². The van der Waals surface area contributed by atoms with Crippen LogP contribution >= 0.6 is 23.1 Å². The molecule has 5 rings (SSSR count). The number of benzene rings is 1. The summed E-state index contributed by atoms with van der Waals surface area (Å²) in [6.45, 7) is 1.50. The fourth-order valence-corrected chi connectivity index (χ4v) is 6.69. The summed E-state index contributed by atoms with van der Waals surface area (Å²) in [5.74, 6) is 2.71. The van der Waals surface area contributed by atoms with E-state index in [-0.39, 0.29) is 5.91 Å². The summed E-state index contributed by atoms with van der Waals surface area (Å²) in [6, 6.07) is 8.33. The summed E-state index contributed by atoms with van der Waals surface area (Å²) in [7, 11) is 3.27. The monoisotopic (exact) mass is 498 g/mol. The molecule has 0 atom stereocenters. The predicted molar refractivity (Wildman–Crippen MR) is 135 cm³/mol. The number of rotatable bonds is 7. The van der Waals surface area contributed by atoms with Crippen molar-refractivity contribution < 1.29 is 14.3 Å². The summed E-state index contributed by atoms with van der Waals surface area (Å²) in [5.41, 5.74) is 2.23. The summed E-state index contributed by atoms with van der Waals surface area (Å²) in [4.78, 5) is 16.4. The van der Waals surface area contributed by atoms with E-state index in [0.717, 1.165) is 42.4 Å². The van der Waals surface area contributed by atoms with Gasteiger partial charge in [0.1, 0.15) is 0 Å². The SMILES string of the molecule is COc1ccc(-c2nnc(SCC(=O)N3CCc4sccc4C3)n2C2CCCCC2)cc1OC. The Morgan fingerprint density at radius 3 is 2.74 bits per heavy atom. The maximum atomic E-state index is 13.0. The van der Waals surface area contributed by atoms with Gasteiger partial charge >= 0.3 is 0 Å². The lowest BCUT2D eigenvalue weighted by Gasteiger charge is -2.27. The lowest BCUT2D eigenvalue weighted by molar-refractivity contribution is -0.129. The van der Waals surface area contributed by atoms with Crippen LogP contribution in [0, 0.1) is 0 Å². The van der Waals surface area contributed by atoms with E-state index in [0.29, 0.717) is 29.8 Å². The Kier molecular flexibility index (Phi) is 7.10. The van der Waals surface area contributed by atoms with Gasteiger partial charge in [-0.05, 0) is 54.5 Å². The highest BCUT2D eigenvalue weighted by atomic mass is 32.2. The van der Waals surface area contributed by atoms with Crippen LogP contribution in [0.3, 0.4) is 0 Å². The van der Waals surface area contributed by atoms with Crippen LogP contribution in [0.25, 0.3) is 11.4 Å². The molecule has 3 heterocycles. The molecule has 1 amide bonds. The topological polar surface area (TPSA) is 69.5 Å². The third-order valence-corrected chi connectivity index (χ3v) is 8.68. The first-order valence-corrected chi connectivity index (χ1v) is 13.7. The zero-order valence-corrected chi connectivity index (χ0v) is 21.3. The van der Waals surface area contributed by atoms with Gasteiger partial charge in [-0.25, -0.2) is 0 Å². The highest BCUT2D eigenvalue weighted by Crippen LogP contribution is 2.38. The number of thioether (sulfide) groups is 1. The van der Waals surface area contributed by atoms with E-state index in [2.05, 4.69) is 26.2 Å². The smallest absolute Gasteiger partial charge is 0.233 e. The number of carbonyl (C=O) groups is 1. The lowest BCUT2D eigenvalue weighted by Crippen LogP contribution is -2.36. The summed E-state index contributed by atoms with van der Waals surface area (Å²) in [5, 5.41) is 12.1. The average molecular weight is 499 g/mol. The Morgan fingerprint density at radius 1 is 1.12 bits per heavy atom. The van der Waals surface area contributed by atoms with Gasteiger partial charge in [0, 0.05) is 29.6 Å². The highest BCUT2D eigenvalue weighted by molar-refractivity contribution is 7.99. The molecule has 0 saturated heterocycles. The molecule has 2 aliphatic rings. The van der Waals surface area contributed by atoms with Crippen molar-refractivity contribution in [2.75, 3.05) is 26.5 Å². The van der Waals surface area contributed by atoms with Crippen LogP contribution < -0.4 is 9.47 Å². The molecule has 34 heavy (non-hydrogen) atoms. The zero-order chi connectivity index (χ0) is 23.5. The number of aromatic nitrogens is 3. The van der Waals surface area contributed by atoms with Crippen molar-refractivity contribution >= 4 is 29.0 Å². The maximum Gasteiger partial charge on any atom is 0.233 e. The number of hydrogen-bond acceptors (Lipinski definition) is 7. The van der Waals surface area contributed by atoms with E-state index in [1.165, 1.54) is 41.5 Å². The Bertz CT molecular complexity index is 1150. The van der Waals surface area contributed by atoms with Crippen molar-refractivity contribution in [3.8, 4) is 22.9 Å². The molecule has 1 aliphatic carbocycles. The third kappa shape index (κ3) is 4.68. The van der Waals surface area contributed by atoms with Crippen molar-refractivity contribution in [3.05, 3.63) is 40.1 Å². The van der Waals surface area contributed by atoms with Gasteiger partial charge in [-0.2, -0.15) is 0 Å². The van der Waals surface area contributed by atoms with Crippen LogP contribution in [0.2, 0.25) is 0 Å². The minimum Gasteiger partial charge on any atom is -0.493 e. The number of amides is 1. The van der Waals surface area contributed by atoms with Crippen LogP contribution in [-0.4, -0.2) is 52.1 Å². The van der Waals surface area contributed by atoms with E-state index in [9.17, 15) is 4.79 Å². The molecule has 0 radical (unpaired) electrons. The quantitative estimate of drug-likeness (QED) is 0.417. The fraction of sp³-hybridized carbons (Fsp3) is 0.480. The molecule has 2 aromatic heterocycles. The van der Waals surface area contributed by atoms with Crippen LogP contribution in [0.1, 0.15) is 48.6 Å². The second-order valence-electron chi connectivity index (χ2n) is 8.76. The van der Waals surface area contributed by atoms with Crippen LogP contribution in [0.4, 0.5) is 0 Å². The number of carbonyl (C=O) groups excluding carboxylic acids is 1. The molecule has 1 saturated carbocycles. The van der Waals surface area contributed by atoms with Gasteiger partial charge in [0.05, 0.1) is 20.0 Å². The summed E-state index contributed by atoms with van der Waals surface area (Å²) >= 11 is 3.29. The van der Waals surface area contributed by atoms with Gasteiger partial charge in [0.15, 0.2) is 22.5 Å².